The number of nitro benzene ring substituents is 1. The zero-order chi connectivity index (χ0) is 15.5. The number of likely N-dealkylation sites (tertiary alicyclic amines) is 1. The number of para-hydroxylation sites is 1. The van der Waals surface area contributed by atoms with E-state index in [-0.39, 0.29) is 10.6 Å². The summed E-state index contributed by atoms with van der Waals surface area (Å²) >= 11 is 0. The SMILES string of the molecule is CCC1(CC)CCN(Cc2cccc([N+](=O)[O-])c2NC)C1. The van der Waals surface area contributed by atoms with E-state index in [4.69, 9.17) is 0 Å². The van der Waals surface area contributed by atoms with Crippen molar-refractivity contribution in [2.45, 2.75) is 39.7 Å². The Kier molecular flexibility index (Phi) is 4.83. The van der Waals surface area contributed by atoms with Crippen LogP contribution in [-0.4, -0.2) is 30.0 Å². The van der Waals surface area contributed by atoms with Gasteiger partial charge in [-0.25, -0.2) is 0 Å². The molecule has 1 aliphatic rings. The molecule has 0 atom stereocenters. The molecule has 21 heavy (non-hydrogen) atoms. The number of rotatable bonds is 6. The normalized spacial score (nSPS) is 17.9. The van der Waals surface area contributed by atoms with E-state index in [2.05, 4.69) is 24.1 Å². The van der Waals surface area contributed by atoms with Crippen LogP contribution in [0.15, 0.2) is 18.2 Å². The van der Waals surface area contributed by atoms with Crippen molar-refractivity contribution < 1.29 is 4.92 Å². The predicted octanol–water partition coefficient (Wildman–Crippen LogP) is 3.65. The molecule has 2 rings (SSSR count). The van der Waals surface area contributed by atoms with Gasteiger partial charge in [-0.05, 0) is 36.8 Å². The minimum Gasteiger partial charge on any atom is -0.382 e. The average molecular weight is 291 g/mol. The molecule has 5 heteroatoms. The maximum Gasteiger partial charge on any atom is 0.292 e. The Balaban J connectivity index is 2.18. The molecule has 0 unspecified atom stereocenters. The van der Waals surface area contributed by atoms with Gasteiger partial charge in [-0.1, -0.05) is 26.0 Å². The van der Waals surface area contributed by atoms with E-state index in [0.717, 1.165) is 25.2 Å². The molecule has 1 saturated heterocycles. The molecule has 1 aliphatic heterocycles. The zero-order valence-corrected chi connectivity index (χ0v) is 13.2. The summed E-state index contributed by atoms with van der Waals surface area (Å²) in [5.41, 5.74) is 2.25. The molecule has 1 heterocycles. The second kappa shape index (κ2) is 6.43. The van der Waals surface area contributed by atoms with E-state index < -0.39 is 0 Å². The van der Waals surface area contributed by atoms with E-state index in [1.54, 1.807) is 19.2 Å². The van der Waals surface area contributed by atoms with Gasteiger partial charge in [0, 0.05) is 26.2 Å². The number of nitro groups is 1. The molecule has 5 nitrogen and oxygen atoms in total. The van der Waals surface area contributed by atoms with E-state index in [9.17, 15) is 10.1 Å². The van der Waals surface area contributed by atoms with Crippen LogP contribution in [0.1, 0.15) is 38.7 Å². The minimum atomic E-state index is -0.318. The van der Waals surface area contributed by atoms with Gasteiger partial charge in [-0.3, -0.25) is 15.0 Å². The highest BCUT2D eigenvalue weighted by Crippen LogP contribution is 2.38. The summed E-state index contributed by atoms with van der Waals surface area (Å²) in [6, 6.07) is 5.32. The smallest absolute Gasteiger partial charge is 0.292 e. The molecule has 116 valence electrons. The summed E-state index contributed by atoms with van der Waals surface area (Å²) in [5.74, 6) is 0. The van der Waals surface area contributed by atoms with Crippen LogP contribution in [-0.2, 0) is 6.54 Å². The number of anilines is 1. The highest BCUT2D eigenvalue weighted by molar-refractivity contribution is 5.66. The lowest BCUT2D eigenvalue weighted by Crippen LogP contribution is -2.26. The van der Waals surface area contributed by atoms with Gasteiger partial charge in [0.05, 0.1) is 4.92 Å². The quantitative estimate of drug-likeness (QED) is 0.642. The van der Waals surface area contributed by atoms with Crippen molar-refractivity contribution in [1.82, 2.24) is 4.90 Å². The summed E-state index contributed by atoms with van der Waals surface area (Å²) < 4.78 is 0. The molecular formula is C16H25N3O2. The van der Waals surface area contributed by atoms with Crippen molar-refractivity contribution in [3.63, 3.8) is 0 Å². The van der Waals surface area contributed by atoms with Gasteiger partial charge in [0.1, 0.15) is 5.69 Å². The maximum atomic E-state index is 11.1. The van der Waals surface area contributed by atoms with E-state index in [0.29, 0.717) is 11.1 Å². The fourth-order valence-corrected chi connectivity index (χ4v) is 3.39. The Morgan fingerprint density at radius 3 is 2.62 bits per heavy atom. The van der Waals surface area contributed by atoms with Crippen molar-refractivity contribution in [2.24, 2.45) is 5.41 Å². The van der Waals surface area contributed by atoms with Crippen molar-refractivity contribution >= 4 is 11.4 Å². The third kappa shape index (κ3) is 3.18. The molecule has 1 aromatic rings. The van der Waals surface area contributed by atoms with Gasteiger partial charge in [0.15, 0.2) is 0 Å². The highest BCUT2D eigenvalue weighted by Gasteiger charge is 2.35. The molecule has 0 bridgehead atoms. The molecule has 0 aliphatic carbocycles. The van der Waals surface area contributed by atoms with Crippen LogP contribution in [0.25, 0.3) is 0 Å². The van der Waals surface area contributed by atoms with E-state index >= 15 is 0 Å². The monoisotopic (exact) mass is 291 g/mol. The van der Waals surface area contributed by atoms with Crippen LogP contribution in [0, 0.1) is 15.5 Å². The van der Waals surface area contributed by atoms with Gasteiger partial charge in [-0.15, -0.1) is 0 Å². The van der Waals surface area contributed by atoms with Gasteiger partial charge in [0.2, 0.25) is 0 Å². The van der Waals surface area contributed by atoms with Crippen LogP contribution in [0.4, 0.5) is 11.4 Å². The Morgan fingerprint density at radius 2 is 2.10 bits per heavy atom. The standard InChI is InChI=1S/C16H25N3O2/c1-4-16(5-2)9-10-18(12-16)11-13-7-6-8-14(19(20)21)15(13)17-3/h6-8,17H,4-5,9-12H2,1-3H3. The van der Waals surface area contributed by atoms with Crippen LogP contribution in [0.5, 0.6) is 0 Å². The number of hydrogen-bond donors (Lipinski definition) is 1. The lowest BCUT2D eigenvalue weighted by atomic mass is 9.82. The molecule has 1 aromatic carbocycles. The number of hydrogen-bond acceptors (Lipinski definition) is 4. The van der Waals surface area contributed by atoms with Crippen LogP contribution in [0.3, 0.4) is 0 Å². The summed E-state index contributed by atoms with van der Waals surface area (Å²) in [6.45, 7) is 7.47. The molecule has 0 amide bonds. The molecule has 1 fully saturated rings. The first kappa shape index (κ1) is 15.8. The molecular weight excluding hydrogens is 266 g/mol. The first-order valence-electron chi connectivity index (χ1n) is 7.71. The molecule has 0 radical (unpaired) electrons. The summed E-state index contributed by atoms with van der Waals surface area (Å²) in [5, 5.41) is 14.1. The van der Waals surface area contributed by atoms with Gasteiger partial charge < -0.3 is 5.32 Å². The highest BCUT2D eigenvalue weighted by atomic mass is 16.6. The average Bonchev–Trinajstić information content (AvgIpc) is 2.91. The zero-order valence-electron chi connectivity index (χ0n) is 13.2. The maximum absolute atomic E-state index is 11.1. The van der Waals surface area contributed by atoms with Crippen molar-refractivity contribution in [3.05, 3.63) is 33.9 Å². The summed E-state index contributed by atoms with van der Waals surface area (Å²) in [6.07, 6.45) is 3.63. The molecule has 0 aromatic heterocycles. The fourth-order valence-electron chi connectivity index (χ4n) is 3.39. The number of benzene rings is 1. The van der Waals surface area contributed by atoms with E-state index in [1.807, 2.05) is 6.07 Å². The topological polar surface area (TPSA) is 58.4 Å². The third-order valence-corrected chi connectivity index (χ3v) is 4.99. The lowest BCUT2D eigenvalue weighted by Gasteiger charge is -2.26. The molecule has 0 saturated carbocycles. The first-order valence-corrected chi connectivity index (χ1v) is 7.71. The Hall–Kier alpha value is -1.62. The summed E-state index contributed by atoms with van der Waals surface area (Å²) in [7, 11) is 1.75. The van der Waals surface area contributed by atoms with Crippen molar-refractivity contribution in [2.75, 3.05) is 25.5 Å². The minimum absolute atomic E-state index is 0.159. The Labute approximate surface area is 126 Å². The van der Waals surface area contributed by atoms with Crippen LogP contribution >= 0.6 is 0 Å². The van der Waals surface area contributed by atoms with Crippen LogP contribution in [0.2, 0.25) is 0 Å². The van der Waals surface area contributed by atoms with E-state index in [1.165, 1.54) is 19.3 Å². The number of nitrogens with zero attached hydrogens (tertiary/aromatic N) is 2. The predicted molar refractivity (Wildman–Crippen MR) is 85.6 cm³/mol. The Bertz CT molecular complexity index is 512. The van der Waals surface area contributed by atoms with Gasteiger partial charge in [-0.2, -0.15) is 0 Å². The van der Waals surface area contributed by atoms with Crippen molar-refractivity contribution in [3.8, 4) is 0 Å². The molecule has 0 spiro atoms. The number of nitrogens with one attached hydrogen (secondary N) is 1. The largest absolute Gasteiger partial charge is 0.382 e. The van der Waals surface area contributed by atoms with Gasteiger partial charge >= 0.3 is 0 Å². The second-order valence-corrected chi connectivity index (χ2v) is 5.99. The van der Waals surface area contributed by atoms with Crippen molar-refractivity contribution in [1.29, 1.82) is 0 Å². The third-order valence-electron chi connectivity index (χ3n) is 4.99. The Morgan fingerprint density at radius 1 is 1.38 bits per heavy atom. The second-order valence-electron chi connectivity index (χ2n) is 5.99. The molecule has 1 N–H and O–H groups in total. The first-order chi connectivity index (χ1) is 10.0. The fraction of sp³-hybridized carbons (Fsp3) is 0.625. The lowest BCUT2D eigenvalue weighted by molar-refractivity contribution is -0.384. The van der Waals surface area contributed by atoms with Gasteiger partial charge in [0.25, 0.3) is 5.69 Å². The summed E-state index contributed by atoms with van der Waals surface area (Å²) in [4.78, 5) is 13.2. The van der Waals surface area contributed by atoms with Crippen LogP contribution < -0.4 is 5.32 Å².